The van der Waals surface area contributed by atoms with Crippen molar-refractivity contribution in [2.45, 2.75) is 143 Å². The molecule has 10 nitrogen and oxygen atoms in total. The van der Waals surface area contributed by atoms with E-state index in [-0.39, 0.29) is 42.1 Å². The number of fused-ring (bicyclic) bond motifs is 1. The molecule has 7 rings (SSSR count). The Balaban J connectivity index is 1.07. The zero-order valence-electron chi connectivity index (χ0n) is 44.0. The summed E-state index contributed by atoms with van der Waals surface area (Å²) in [5.74, 6) is -1.46. The number of anilines is 1. The van der Waals surface area contributed by atoms with E-state index in [1.165, 1.54) is 16.4 Å². The van der Waals surface area contributed by atoms with Crippen LogP contribution in [0.4, 0.5) is 14.6 Å². The van der Waals surface area contributed by atoms with Gasteiger partial charge in [0, 0.05) is 49.2 Å². The molecule has 72 heavy (non-hydrogen) atoms. The van der Waals surface area contributed by atoms with Gasteiger partial charge in [-0.15, -0.1) is 0 Å². The van der Waals surface area contributed by atoms with Crippen molar-refractivity contribution in [2.24, 2.45) is 0 Å². The maximum Gasteiger partial charge on any atom is 0.340 e. The molecule has 2 atom stereocenters. The molecule has 0 aliphatic carbocycles. The number of unbranched alkanes of at least 4 members (excludes halogenated alkanes) is 1. The molecule has 6 aromatic rings. The van der Waals surface area contributed by atoms with Crippen LogP contribution in [0, 0.1) is 18.6 Å². The SMILES string of the molecule is CCOC(=O)[C@@H](OC(C)(C)C)c1c(C)nc2cc(C=CCc3cc(F)c(F)cc3OCc3ccccc3)nn2c1N1CCC(C)(OCCCC[C@@H](C)O[Si](c2ccccc2)(c2ccccc2)C(C)(C)C)CC1. The number of esters is 1. The number of aromatic nitrogens is 3. The van der Waals surface area contributed by atoms with Gasteiger partial charge in [-0.1, -0.05) is 118 Å². The summed E-state index contributed by atoms with van der Waals surface area (Å²) >= 11 is 0. The van der Waals surface area contributed by atoms with Gasteiger partial charge in [0.2, 0.25) is 0 Å². The third-order valence-corrected chi connectivity index (χ3v) is 18.6. The molecule has 3 heterocycles. The second kappa shape index (κ2) is 23.4. The van der Waals surface area contributed by atoms with E-state index >= 15 is 0 Å². The van der Waals surface area contributed by atoms with Crippen LogP contribution >= 0.6 is 0 Å². The lowest BCUT2D eigenvalue weighted by Crippen LogP contribution is -2.67. The van der Waals surface area contributed by atoms with Crippen molar-refractivity contribution >= 4 is 42.2 Å². The minimum absolute atomic E-state index is 0.0565. The van der Waals surface area contributed by atoms with E-state index in [4.69, 9.17) is 33.5 Å². The first-order chi connectivity index (χ1) is 34.3. The fourth-order valence-corrected chi connectivity index (χ4v) is 14.5. The minimum atomic E-state index is -2.65. The van der Waals surface area contributed by atoms with Gasteiger partial charge in [-0.3, -0.25) is 0 Å². The Kier molecular flexibility index (Phi) is 17.6. The average molecular weight is 1000 g/mol. The van der Waals surface area contributed by atoms with Crippen LogP contribution in [0.5, 0.6) is 5.75 Å². The number of ether oxygens (including phenoxy) is 4. The van der Waals surface area contributed by atoms with Crippen LogP contribution < -0.4 is 20.0 Å². The summed E-state index contributed by atoms with van der Waals surface area (Å²) < 4.78 is 63.0. The highest BCUT2D eigenvalue weighted by molar-refractivity contribution is 6.99. The van der Waals surface area contributed by atoms with Crippen molar-refractivity contribution in [3.8, 4) is 5.75 Å². The maximum atomic E-state index is 14.6. The van der Waals surface area contributed by atoms with Crippen LogP contribution in [0.3, 0.4) is 0 Å². The van der Waals surface area contributed by atoms with Gasteiger partial charge >= 0.3 is 5.97 Å². The monoisotopic (exact) mass is 1000 g/mol. The molecule has 1 fully saturated rings. The molecular weight excluding hydrogens is 927 g/mol. The highest BCUT2D eigenvalue weighted by Gasteiger charge is 2.51. The number of aryl methyl sites for hydroxylation is 1. The zero-order chi connectivity index (χ0) is 51.7. The second-order valence-corrected chi connectivity index (χ2v) is 25.5. The van der Waals surface area contributed by atoms with Crippen LogP contribution in [-0.2, 0) is 36.5 Å². The zero-order valence-corrected chi connectivity index (χ0v) is 45.0. The first-order valence-electron chi connectivity index (χ1n) is 25.5. The lowest BCUT2D eigenvalue weighted by Gasteiger charge is -2.44. The number of carbonyl (C=O) groups is 1. The summed E-state index contributed by atoms with van der Waals surface area (Å²) in [5, 5.41) is 7.52. The standard InChI is InChI=1S/C59H74F2N4O6Si/c1-11-67-56(66)54(70-57(4,5)6)53-43(3)62-52-39-46(28-23-27-45-38-49(60)50(61)40-51(45)68-41-44-25-15-12-16-26-44)63-65(52)55(53)64-35-33-59(10,34-36-64)69-37-22-21-24-42(2)71-72(58(7,8)9,47-29-17-13-18-30-47)48-31-19-14-20-32-48/h12-20,23,25-26,28-32,38-40,42,54H,11,21-22,24,27,33-37,41H2,1-10H3/t42-,54+/m1/s1. The molecule has 0 spiro atoms. The Labute approximate surface area is 426 Å². The molecule has 1 saturated heterocycles. The van der Waals surface area contributed by atoms with Crippen LogP contribution in [0.2, 0.25) is 5.04 Å². The molecule has 0 saturated carbocycles. The van der Waals surface area contributed by atoms with E-state index in [1.807, 2.05) is 76.2 Å². The van der Waals surface area contributed by atoms with Gasteiger partial charge in [0.15, 0.2) is 23.4 Å². The van der Waals surface area contributed by atoms with Gasteiger partial charge in [0.05, 0.1) is 29.1 Å². The average Bonchev–Trinajstić information content (AvgIpc) is 3.75. The molecule has 0 unspecified atom stereocenters. The van der Waals surface area contributed by atoms with Gasteiger partial charge in [-0.25, -0.2) is 18.6 Å². The Hall–Kier alpha value is -5.73. The highest BCUT2D eigenvalue weighted by Crippen LogP contribution is 2.40. The molecule has 2 aromatic heterocycles. The molecular formula is C59H74F2N4O6Si. The molecule has 0 bridgehead atoms. The Bertz CT molecular complexity index is 2710. The van der Waals surface area contributed by atoms with Crippen molar-refractivity contribution in [2.75, 3.05) is 31.2 Å². The number of hydrogen-bond acceptors (Lipinski definition) is 9. The number of halogens is 2. The van der Waals surface area contributed by atoms with E-state index in [1.54, 1.807) is 11.4 Å². The fourth-order valence-electron chi connectivity index (χ4n) is 9.77. The van der Waals surface area contributed by atoms with Gasteiger partial charge in [0.25, 0.3) is 8.32 Å². The van der Waals surface area contributed by atoms with Crippen molar-refractivity contribution in [3.05, 3.63) is 155 Å². The van der Waals surface area contributed by atoms with Crippen LogP contribution in [0.1, 0.15) is 129 Å². The van der Waals surface area contributed by atoms with E-state index in [2.05, 4.69) is 100 Å². The maximum absolute atomic E-state index is 14.6. The molecule has 0 N–H and O–H groups in total. The van der Waals surface area contributed by atoms with Crippen LogP contribution in [-0.4, -0.2) is 72.5 Å². The van der Waals surface area contributed by atoms with Crippen molar-refractivity contribution in [1.29, 1.82) is 0 Å². The number of allylic oxidation sites excluding steroid dienone is 1. The molecule has 384 valence electrons. The summed E-state index contributed by atoms with van der Waals surface area (Å²) in [6.45, 7) is 23.1. The lowest BCUT2D eigenvalue weighted by molar-refractivity contribution is -0.166. The third-order valence-electron chi connectivity index (χ3n) is 13.4. The predicted octanol–water partition coefficient (Wildman–Crippen LogP) is 12.1. The van der Waals surface area contributed by atoms with E-state index in [0.29, 0.717) is 53.7 Å². The normalized spacial score (nSPS) is 15.2. The van der Waals surface area contributed by atoms with Crippen molar-refractivity contribution in [1.82, 2.24) is 14.6 Å². The number of benzene rings is 4. The molecule has 0 radical (unpaired) electrons. The number of nitrogens with zero attached hydrogens (tertiary/aromatic N) is 4. The minimum Gasteiger partial charge on any atom is -0.489 e. The Morgan fingerprint density at radius 2 is 1.47 bits per heavy atom. The van der Waals surface area contributed by atoms with Crippen LogP contribution in [0.25, 0.3) is 11.7 Å². The third kappa shape index (κ3) is 13.1. The number of piperidine rings is 1. The lowest BCUT2D eigenvalue weighted by atomic mass is 9.92. The molecule has 0 amide bonds. The second-order valence-electron chi connectivity index (χ2n) is 21.3. The van der Waals surface area contributed by atoms with Crippen molar-refractivity contribution < 1.29 is 36.9 Å². The Morgan fingerprint density at radius 1 is 0.861 bits per heavy atom. The molecule has 4 aromatic carbocycles. The summed E-state index contributed by atoms with van der Waals surface area (Å²) in [6.07, 6.45) is 7.20. The molecule has 1 aliphatic heterocycles. The predicted molar refractivity (Wildman–Crippen MR) is 286 cm³/mol. The van der Waals surface area contributed by atoms with E-state index < -0.39 is 37.6 Å². The molecule has 1 aliphatic rings. The Morgan fingerprint density at radius 3 is 2.07 bits per heavy atom. The smallest absolute Gasteiger partial charge is 0.340 e. The fraction of sp³-hybridized carbons (Fsp3) is 0.441. The summed E-state index contributed by atoms with van der Waals surface area (Å²) in [4.78, 5) is 21.1. The first-order valence-corrected chi connectivity index (χ1v) is 27.5. The highest BCUT2D eigenvalue weighted by atomic mass is 28.4. The van der Waals surface area contributed by atoms with Gasteiger partial charge in [-0.05, 0) is 120 Å². The number of carbonyl (C=O) groups excluding carboxylic acids is 1. The summed E-state index contributed by atoms with van der Waals surface area (Å²) in [5.41, 5.74) is 2.73. The molecule has 13 heteroatoms. The largest absolute Gasteiger partial charge is 0.489 e. The summed E-state index contributed by atoms with van der Waals surface area (Å²) in [6, 6.07) is 35.3. The number of rotatable bonds is 21. The van der Waals surface area contributed by atoms with E-state index in [9.17, 15) is 13.6 Å². The topological polar surface area (TPSA) is 96.7 Å². The van der Waals surface area contributed by atoms with Gasteiger partial charge < -0.3 is 28.3 Å². The number of hydrogen-bond donors (Lipinski definition) is 0. The van der Waals surface area contributed by atoms with E-state index in [0.717, 1.165) is 43.7 Å². The summed E-state index contributed by atoms with van der Waals surface area (Å²) in [7, 11) is -2.65. The quantitative estimate of drug-likeness (QED) is 0.0397. The first kappa shape index (κ1) is 54.1. The van der Waals surface area contributed by atoms with Gasteiger partial charge in [0.1, 0.15) is 18.2 Å². The van der Waals surface area contributed by atoms with Crippen LogP contribution in [0.15, 0.2) is 115 Å². The van der Waals surface area contributed by atoms with Gasteiger partial charge in [-0.2, -0.15) is 9.61 Å². The van der Waals surface area contributed by atoms with Crippen molar-refractivity contribution in [3.63, 3.8) is 0 Å².